The summed E-state index contributed by atoms with van der Waals surface area (Å²) in [7, 11) is 0. The van der Waals surface area contributed by atoms with Crippen LogP contribution in [0.25, 0.3) is 10.8 Å². The molecule has 188 valence electrons. The molecule has 3 aromatic carbocycles. The van der Waals surface area contributed by atoms with Gasteiger partial charge in [-0.05, 0) is 54.5 Å². The van der Waals surface area contributed by atoms with Gasteiger partial charge in [0.1, 0.15) is 6.04 Å². The average molecular weight is 550 g/mol. The second-order valence-electron chi connectivity index (χ2n) is 9.71. The van der Waals surface area contributed by atoms with Gasteiger partial charge in [-0.3, -0.25) is 14.4 Å². The summed E-state index contributed by atoms with van der Waals surface area (Å²) in [5, 5.41) is 4.96. The lowest BCUT2D eigenvalue weighted by molar-refractivity contribution is -0.140. The van der Waals surface area contributed by atoms with Crippen molar-refractivity contribution in [2.75, 3.05) is 18.0 Å². The van der Waals surface area contributed by atoms with E-state index in [1.807, 2.05) is 74.5 Å². The fourth-order valence-corrected chi connectivity index (χ4v) is 5.05. The standard InChI is InChI=1S/C29H32BrN3O3/c1-19(2)17-31-28(35)20(3)33(18-21-8-4-11-23(30)16-21)26(34)14-7-15-32-25-13-6-10-22-9-5-12-24(27(22)25)29(32)36/h4-6,8-13,16,19-20H,7,14-15,17-18H2,1-3H3,(H,31,35)/t20-/m0/s1. The zero-order valence-corrected chi connectivity index (χ0v) is 22.5. The summed E-state index contributed by atoms with van der Waals surface area (Å²) >= 11 is 3.49. The minimum atomic E-state index is -0.610. The lowest BCUT2D eigenvalue weighted by Crippen LogP contribution is -2.48. The molecule has 0 radical (unpaired) electrons. The van der Waals surface area contributed by atoms with E-state index in [0.29, 0.717) is 37.5 Å². The first-order chi connectivity index (χ1) is 17.3. The summed E-state index contributed by atoms with van der Waals surface area (Å²) in [6.07, 6.45) is 0.746. The molecular formula is C29H32BrN3O3. The van der Waals surface area contributed by atoms with Crippen LogP contribution in [0.15, 0.2) is 65.1 Å². The molecule has 36 heavy (non-hydrogen) atoms. The number of carbonyl (C=O) groups is 3. The Morgan fingerprint density at radius 3 is 2.47 bits per heavy atom. The third-order valence-electron chi connectivity index (χ3n) is 6.52. The zero-order chi connectivity index (χ0) is 25.8. The van der Waals surface area contributed by atoms with Crippen LogP contribution in [0.3, 0.4) is 0 Å². The average Bonchev–Trinajstić information content (AvgIpc) is 3.13. The third kappa shape index (κ3) is 5.62. The number of hydrogen-bond acceptors (Lipinski definition) is 3. The van der Waals surface area contributed by atoms with Crippen molar-refractivity contribution in [3.8, 4) is 0 Å². The van der Waals surface area contributed by atoms with E-state index < -0.39 is 6.04 Å². The van der Waals surface area contributed by atoms with Crippen LogP contribution in [0.1, 0.15) is 49.5 Å². The number of hydrogen-bond donors (Lipinski definition) is 1. The monoisotopic (exact) mass is 549 g/mol. The fraction of sp³-hybridized carbons (Fsp3) is 0.345. The second-order valence-corrected chi connectivity index (χ2v) is 10.6. The van der Waals surface area contributed by atoms with Crippen molar-refractivity contribution in [2.45, 2.75) is 46.2 Å². The topological polar surface area (TPSA) is 69.7 Å². The van der Waals surface area contributed by atoms with Crippen molar-refractivity contribution >= 4 is 50.1 Å². The van der Waals surface area contributed by atoms with Crippen LogP contribution in [0.2, 0.25) is 0 Å². The van der Waals surface area contributed by atoms with Crippen LogP contribution in [-0.4, -0.2) is 41.8 Å². The number of anilines is 1. The minimum absolute atomic E-state index is 0.0262. The van der Waals surface area contributed by atoms with Crippen molar-refractivity contribution in [1.29, 1.82) is 0 Å². The highest BCUT2D eigenvalue weighted by Crippen LogP contribution is 2.37. The maximum absolute atomic E-state index is 13.4. The zero-order valence-electron chi connectivity index (χ0n) is 21.0. The number of carbonyl (C=O) groups excluding carboxylic acids is 3. The Hall–Kier alpha value is -3.19. The number of amides is 3. The highest BCUT2D eigenvalue weighted by atomic mass is 79.9. The molecule has 0 spiro atoms. The van der Waals surface area contributed by atoms with Crippen LogP contribution >= 0.6 is 15.9 Å². The van der Waals surface area contributed by atoms with Crippen LogP contribution in [-0.2, 0) is 16.1 Å². The third-order valence-corrected chi connectivity index (χ3v) is 7.01. The Bertz CT molecular complexity index is 1280. The Morgan fingerprint density at radius 1 is 1.03 bits per heavy atom. The van der Waals surface area contributed by atoms with Gasteiger partial charge >= 0.3 is 0 Å². The highest BCUT2D eigenvalue weighted by Gasteiger charge is 2.30. The predicted molar refractivity (Wildman–Crippen MR) is 147 cm³/mol. The molecule has 1 N–H and O–H groups in total. The highest BCUT2D eigenvalue weighted by molar-refractivity contribution is 9.10. The Morgan fingerprint density at radius 2 is 1.75 bits per heavy atom. The van der Waals surface area contributed by atoms with E-state index in [1.165, 1.54) is 0 Å². The molecule has 3 aromatic rings. The summed E-state index contributed by atoms with van der Waals surface area (Å²) in [5.41, 5.74) is 2.55. The van der Waals surface area contributed by atoms with E-state index in [0.717, 1.165) is 26.5 Å². The normalized spacial score (nSPS) is 13.4. The molecule has 0 unspecified atom stereocenters. The first-order valence-corrected chi connectivity index (χ1v) is 13.2. The molecule has 0 bridgehead atoms. The number of nitrogens with zero attached hydrogens (tertiary/aromatic N) is 2. The molecule has 1 heterocycles. The Labute approximate surface area is 220 Å². The van der Waals surface area contributed by atoms with Gasteiger partial charge in [0.25, 0.3) is 5.91 Å². The lowest BCUT2D eigenvalue weighted by Gasteiger charge is -2.29. The van der Waals surface area contributed by atoms with E-state index in [-0.39, 0.29) is 24.1 Å². The van der Waals surface area contributed by atoms with Gasteiger partial charge in [0.2, 0.25) is 11.8 Å². The molecular weight excluding hydrogens is 518 g/mol. The van der Waals surface area contributed by atoms with Gasteiger partial charge in [-0.2, -0.15) is 0 Å². The number of rotatable bonds is 10. The molecule has 4 rings (SSSR count). The van der Waals surface area contributed by atoms with Crippen molar-refractivity contribution < 1.29 is 14.4 Å². The van der Waals surface area contributed by atoms with Gasteiger partial charge in [-0.15, -0.1) is 0 Å². The Balaban J connectivity index is 1.45. The van der Waals surface area contributed by atoms with Crippen molar-refractivity contribution in [1.82, 2.24) is 10.2 Å². The SMILES string of the molecule is CC(C)CNC(=O)[C@H](C)N(Cc1cccc(Br)c1)C(=O)CCCN1C(=O)c2cccc3cccc1c23. The minimum Gasteiger partial charge on any atom is -0.354 e. The molecule has 0 fully saturated rings. The van der Waals surface area contributed by atoms with Crippen molar-refractivity contribution in [3.63, 3.8) is 0 Å². The van der Waals surface area contributed by atoms with Gasteiger partial charge in [0.05, 0.1) is 5.69 Å². The molecule has 1 aliphatic rings. The van der Waals surface area contributed by atoms with E-state index in [9.17, 15) is 14.4 Å². The van der Waals surface area contributed by atoms with Crippen LogP contribution in [0, 0.1) is 5.92 Å². The van der Waals surface area contributed by atoms with E-state index in [2.05, 4.69) is 21.2 Å². The molecule has 0 saturated carbocycles. The second kappa shape index (κ2) is 11.2. The number of benzene rings is 3. The summed E-state index contributed by atoms with van der Waals surface area (Å²) in [5.74, 6) is 0.0251. The quantitative estimate of drug-likeness (QED) is 0.361. The smallest absolute Gasteiger partial charge is 0.258 e. The summed E-state index contributed by atoms with van der Waals surface area (Å²) in [6.45, 7) is 7.18. The molecule has 0 saturated heterocycles. The molecule has 1 atom stereocenters. The molecule has 3 amide bonds. The first kappa shape index (κ1) is 25.9. The fourth-order valence-electron chi connectivity index (χ4n) is 4.60. The summed E-state index contributed by atoms with van der Waals surface area (Å²) in [4.78, 5) is 42.7. The van der Waals surface area contributed by atoms with Crippen molar-refractivity contribution in [2.24, 2.45) is 5.92 Å². The van der Waals surface area contributed by atoms with Gasteiger partial charge in [0, 0.05) is 41.5 Å². The predicted octanol–water partition coefficient (Wildman–Crippen LogP) is 5.53. The molecule has 1 aliphatic heterocycles. The largest absolute Gasteiger partial charge is 0.354 e. The van der Waals surface area contributed by atoms with E-state index in [4.69, 9.17) is 0 Å². The molecule has 7 heteroatoms. The maximum Gasteiger partial charge on any atom is 0.258 e. The van der Waals surface area contributed by atoms with E-state index in [1.54, 1.807) is 16.7 Å². The van der Waals surface area contributed by atoms with Gasteiger partial charge in [-0.1, -0.05) is 66.2 Å². The molecule has 0 aliphatic carbocycles. The van der Waals surface area contributed by atoms with Crippen LogP contribution in [0.5, 0.6) is 0 Å². The van der Waals surface area contributed by atoms with E-state index >= 15 is 0 Å². The van der Waals surface area contributed by atoms with Gasteiger partial charge < -0.3 is 15.1 Å². The maximum atomic E-state index is 13.4. The van der Waals surface area contributed by atoms with Crippen molar-refractivity contribution in [3.05, 3.63) is 76.3 Å². The summed E-state index contributed by atoms with van der Waals surface area (Å²) in [6, 6.07) is 18.8. The van der Waals surface area contributed by atoms with Gasteiger partial charge in [-0.25, -0.2) is 0 Å². The Kier molecular flexibility index (Phi) is 8.09. The molecule has 0 aromatic heterocycles. The van der Waals surface area contributed by atoms with Crippen LogP contribution in [0.4, 0.5) is 5.69 Å². The summed E-state index contributed by atoms with van der Waals surface area (Å²) < 4.78 is 0.922. The lowest BCUT2D eigenvalue weighted by atomic mass is 10.1. The molecule has 6 nitrogen and oxygen atoms in total. The first-order valence-electron chi connectivity index (χ1n) is 12.4. The van der Waals surface area contributed by atoms with Gasteiger partial charge in [0.15, 0.2) is 0 Å². The number of nitrogens with one attached hydrogen (secondary N) is 1. The number of halogens is 1. The van der Waals surface area contributed by atoms with Crippen LogP contribution < -0.4 is 10.2 Å².